The van der Waals surface area contributed by atoms with E-state index in [0.29, 0.717) is 34.7 Å². The topological polar surface area (TPSA) is 88.1 Å². The first-order valence-electron chi connectivity index (χ1n) is 9.10. The first kappa shape index (κ1) is 18.9. The van der Waals surface area contributed by atoms with Crippen molar-refractivity contribution in [2.45, 2.75) is 19.3 Å². The Morgan fingerprint density at radius 2 is 2.03 bits per heavy atom. The summed E-state index contributed by atoms with van der Waals surface area (Å²) < 4.78 is 32.2. The molecule has 3 heterocycles. The van der Waals surface area contributed by atoms with Crippen molar-refractivity contribution < 1.29 is 18.4 Å². The second-order valence-corrected chi connectivity index (χ2v) is 7.55. The number of benzene rings is 2. The van der Waals surface area contributed by atoms with Crippen molar-refractivity contribution in [2.24, 2.45) is 0 Å². The Hall–Kier alpha value is -3.11. The molecule has 2 aromatic carbocycles. The Balaban J connectivity index is 1.39. The van der Waals surface area contributed by atoms with E-state index in [-0.39, 0.29) is 17.8 Å². The summed E-state index contributed by atoms with van der Waals surface area (Å²) in [4.78, 5) is 4.39. The lowest BCUT2D eigenvalue weighted by molar-refractivity contribution is -0.00119. The Morgan fingerprint density at radius 3 is 2.80 bits per heavy atom. The number of methoxy groups -OCH3 is 1. The zero-order valence-electron chi connectivity index (χ0n) is 15.7. The molecule has 2 aromatic heterocycles. The normalized spacial score (nSPS) is 15.8. The Labute approximate surface area is 178 Å². The quantitative estimate of drug-likeness (QED) is 0.441. The van der Waals surface area contributed by atoms with Crippen molar-refractivity contribution in [3.63, 3.8) is 0 Å². The van der Waals surface area contributed by atoms with Crippen LogP contribution in [0, 0.1) is 5.82 Å². The van der Waals surface area contributed by atoms with Gasteiger partial charge in [0, 0.05) is 5.56 Å². The fourth-order valence-electron chi connectivity index (χ4n) is 3.27. The van der Waals surface area contributed by atoms with Crippen LogP contribution < -0.4 is 4.74 Å². The minimum atomic E-state index is -0.363. The Kier molecular flexibility index (Phi) is 4.80. The second kappa shape index (κ2) is 7.62. The number of rotatable bonds is 4. The third-order valence-corrected chi connectivity index (χ3v) is 5.50. The van der Waals surface area contributed by atoms with Gasteiger partial charge >= 0.3 is 0 Å². The first-order valence-corrected chi connectivity index (χ1v) is 9.89. The molecule has 1 aliphatic heterocycles. The molecule has 0 saturated carbocycles. The standard InChI is InChI=1S/C20H15BrFN5O3/c1-28-13-5-2-11(3-6-13)17-9-27-16(10-29-17)18(24-26-27)20-23-19(25-30-20)12-4-7-15(22)14(21)8-12/h2-8,17H,9-10H2,1H3. The Bertz CT molecular complexity index is 1210. The molecule has 152 valence electrons. The minimum absolute atomic E-state index is 0.146. The van der Waals surface area contributed by atoms with Gasteiger partial charge in [-0.1, -0.05) is 22.5 Å². The molecule has 10 heteroatoms. The molecule has 8 nitrogen and oxygen atoms in total. The molecule has 0 N–H and O–H groups in total. The summed E-state index contributed by atoms with van der Waals surface area (Å²) in [5.41, 5.74) is 2.88. The van der Waals surface area contributed by atoms with Gasteiger partial charge in [0.1, 0.15) is 17.7 Å². The molecule has 1 unspecified atom stereocenters. The van der Waals surface area contributed by atoms with Crippen LogP contribution in [-0.4, -0.2) is 32.2 Å². The lowest BCUT2D eigenvalue weighted by Gasteiger charge is -2.24. The van der Waals surface area contributed by atoms with Crippen LogP contribution in [0.5, 0.6) is 5.75 Å². The predicted molar refractivity (Wildman–Crippen MR) is 107 cm³/mol. The summed E-state index contributed by atoms with van der Waals surface area (Å²) in [6.45, 7) is 0.819. The summed E-state index contributed by atoms with van der Waals surface area (Å²) in [5, 5.41) is 12.4. The van der Waals surface area contributed by atoms with Crippen LogP contribution in [0.25, 0.3) is 23.0 Å². The molecule has 0 fully saturated rings. The van der Waals surface area contributed by atoms with E-state index in [1.165, 1.54) is 6.07 Å². The smallest absolute Gasteiger partial charge is 0.280 e. The van der Waals surface area contributed by atoms with Gasteiger partial charge in [0.25, 0.3) is 5.89 Å². The lowest BCUT2D eigenvalue weighted by Crippen LogP contribution is -2.22. The molecule has 0 aliphatic carbocycles. The monoisotopic (exact) mass is 471 g/mol. The highest BCUT2D eigenvalue weighted by molar-refractivity contribution is 9.10. The van der Waals surface area contributed by atoms with E-state index in [1.807, 2.05) is 24.3 Å². The molecule has 0 bridgehead atoms. The highest BCUT2D eigenvalue weighted by atomic mass is 79.9. The average molecular weight is 472 g/mol. The van der Waals surface area contributed by atoms with E-state index >= 15 is 0 Å². The maximum absolute atomic E-state index is 13.5. The van der Waals surface area contributed by atoms with E-state index in [0.717, 1.165) is 17.0 Å². The number of nitrogens with zero attached hydrogens (tertiary/aromatic N) is 5. The van der Waals surface area contributed by atoms with Gasteiger partial charge in [-0.3, -0.25) is 0 Å². The molecule has 0 radical (unpaired) electrons. The van der Waals surface area contributed by atoms with Crippen LogP contribution in [0.4, 0.5) is 4.39 Å². The highest BCUT2D eigenvalue weighted by Crippen LogP contribution is 2.32. The van der Waals surface area contributed by atoms with Gasteiger partial charge in [-0.05, 0) is 51.8 Å². The molecule has 1 atom stereocenters. The number of fused-ring (bicyclic) bond motifs is 1. The first-order chi connectivity index (χ1) is 14.6. The Morgan fingerprint density at radius 1 is 1.20 bits per heavy atom. The molecular weight excluding hydrogens is 457 g/mol. The van der Waals surface area contributed by atoms with Crippen LogP contribution >= 0.6 is 15.9 Å². The molecule has 30 heavy (non-hydrogen) atoms. The minimum Gasteiger partial charge on any atom is -0.497 e. The van der Waals surface area contributed by atoms with Crippen molar-refractivity contribution in [2.75, 3.05) is 7.11 Å². The molecular formula is C20H15BrFN5O3. The molecule has 4 aromatic rings. The fourth-order valence-corrected chi connectivity index (χ4v) is 3.65. The third kappa shape index (κ3) is 3.37. The van der Waals surface area contributed by atoms with Crippen molar-refractivity contribution in [1.82, 2.24) is 25.1 Å². The van der Waals surface area contributed by atoms with E-state index in [4.69, 9.17) is 14.0 Å². The number of halogens is 2. The van der Waals surface area contributed by atoms with Gasteiger partial charge < -0.3 is 14.0 Å². The van der Waals surface area contributed by atoms with Gasteiger partial charge in [0.05, 0.1) is 30.4 Å². The fraction of sp³-hybridized carbons (Fsp3) is 0.200. The summed E-state index contributed by atoms with van der Waals surface area (Å²) in [5.74, 6) is 0.996. The van der Waals surface area contributed by atoms with Crippen LogP contribution in [0.1, 0.15) is 17.4 Å². The van der Waals surface area contributed by atoms with Gasteiger partial charge in [0.15, 0.2) is 5.69 Å². The van der Waals surface area contributed by atoms with Gasteiger partial charge in [0.2, 0.25) is 5.82 Å². The average Bonchev–Trinajstić information content (AvgIpc) is 3.42. The molecule has 0 spiro atoms. The van der Waals surface area contributed by atoms with Crippen LogP contribution in [0.15, 0.2) is 51.5 Å². The predicted octanol–water partition coefficient (Wildman–Crippen LogP) is 4.18. The van der Waals surface area contributed by atoms with Crippen molar-refractivity contribution in [1.29, 1.82) is 0 Å². The van der Waals surface area contributed by atoms with Crippen molar-refractivity contribution in [3.05, 3.63) is 64.0 Å². The molecule has 1 aliphatic rings. The van der Waals surface area contributed by atoms with Gasteiger partial charge in [-0.2, -0.15) is 4.98 Å². The zero-order chi connectivity index (χ0) is 20.7. The maximum Gasteiger partial charge on any atom is 0.280 e. The molecule has 0 amide bonds. The van der Waals surface area contributed by atoms with E-state index in [2.05, 4.69) is 36.4 Å². The van der Waals surface area contributed by atoms with Gasteiger partial charge in [-0.25, -0.2) is 9.07 Å². The van der Waals surface area contributed by atoms with E-state index in [1.54, 1.807) is 23.9 Å². The van der Waals surface area contributed by atoms with E-state index < -0.39 is 0 Å². The SMILES string of the molecule is COc1ccc(C2Cn3nnc(-c4nc(-c5ccc(F)c(Br)c5)no4)c3CO2)cc1. The van der Waals surface area contributed by atoms with Crippen molar-refractivity contribution >= 4 is 15.9 Å². The third-order valence-electron chi connectivity index (χ3n) is 4.89. The highest BCUT2D eigenvalue weighted by Gasteiger charge is 2.28. The number of aromatic nitrogens is 5. The summed E-state index contributed by atoms with van der Waals surface area (Å²) in [7, 11) is 1.63. The van der Waals surface area contributed by atoms with Crippen LogP contribution in [0.3, 0.4) is 0 Å². The zero-order valence-corrected chi connectivity index (χ0v) is 17.3. The molecule has 5 rings (SSSR count). The maximum atomic E-state index is 13.5. The molecule has 0 saturated heterocycles. The number of ether oxygens (including phenoxy) is 2. The lowest BCUT2D eigenvalue weighted by atomic mass is 10.1. The summed E-state index contributed by atoms with van der Waals surface area (Å²) in [6, 6.07) is 12.2. The summed E-state index contributed by atoms with van der Waals surface area (Å²) in [6.07, 6.45) is -0.146. The number of hydrogen-bond donors (Lipinski definition) is 0. The number of hydrogen-bond acceptors (Lipinski definition) is 7. The summed E-state index contributed by atoms with van der Waals surface area (Å²) >= 11 is 3.16. The van der Waals surface area contributed by atoms with Crippen LogP contribution in [-0.2, 0) is 17.9 Å². The largest absolute Gasteiger partial charge is 0.497 e. The van der Waals surface area contributed by atoms with Gasteiger partial charge in [-0.15, -0.1) is 5.10 Å². The van der Waals surface area contributed by atoms with E-state index in [9.17, 15) is 4.39 Å². The second-order valence-electron chi connectivity index (χ2n) is 6.69. The van der Waals surface area contributed by atoms with Crippen molar-refractivity contribution in [3.8, 4) is 28.7 Å². The van der Waals surface area contributed by atoms with Crippen LogP contribution in [0.2, 0.25) is 0 Å².